The summed E-state index contributed by atoms with van der Waals surface area (Å²) in [6, 6.07) is 19.2. The molecule has 0 aliphatic rings. The van der Waals surface area contributed by atoms with Crippen LogP contribution in [0.4, 0.5) is 5.69 Å². The van der Waals surface area contributed by atoms with Crippen LogP contribution >= 0.6 is 23.4 Å². The van der Waals surface area contributed by atoms with E-state index in [1.807, 2.05) is 37.3 Å². The Kier molecular flexibility index (Phi) is 7.81. The van der Waals surface area contributed by atoms with Crippen molar-refractivity contribution in [1.29, 1.82) is 0 Å². The van der Waals surface area contributed by atoms with E-state index < -0.39 is 32.7 Å². The Bertz CT molecular complexity index is 1290. The number of hydrogen-bond acceptors (Lipinski definition) is 5. The van der Waals surface area contributed by atoms with Gasteiger partial charge in [0.05, 0.1) is 0 Å². The Morgan fingerprint density at radius 2 is 1.65 bits per heavy atom. The summed E-state index contributed by atoms with van der Waals surface area (Å²) in [5.74, 6) is 0.603. The molecule has 0 saturated heterocycles. The Morgan fingerprint density at radius 3 is 2.29 bits per heavy atom. The van der Waals surface area contributed by atoms with Crippen LogP contribution in [0.15, 0.2) is 76.5 Å². The summed E-state index contributed by atoms with van der Waals surface area (Å²) in [6.45, 7) is 1.87. The number of thioether (sulfide) groups is 1. The van der Waals surface area contributed by atoms with Gasteiger partial charge in [-0.25, -0.2) is 0 Å². The molecule has 10 heteroatoms. The number of rotatable bonds is 8. The van der Waals surface area contributed by atoms with Crippen molar-refractivity contribution in [3.63, 3.8) is 0 Å². The molecule has 164 valence electrons. The Hall–Kier alpha value is -1.44. The van der Waals surface area contributed by atoms with Crippen LogP contribution in [0.25, 0.3) is 0 Å². The van der Waals surface area contributed by atoms with Gasteiger partial charge in [0.25, 0.3) is 0 Å². The van der Waals surface area contributed by atoms with Gasteiger partial charge in [0.1, 0.15) is 0 Å². The van der Waals surface area contributed by atoms with E-state index in [0.29, 0.717) is 20.8 Å². The van der Waals surface area contributed by atoms with Crippen molar-refractivity contribution in [1.82, 2.24) is 0 Å². The van der Waals surface area contributed by atoms with Crippen LogP contribution in [0.1, 0.15) is 11.1 Å². The molecule has 0 aromatic heterocycles. The van der Waals surface area contributed by atoms with Crippen molar-refractivity contribution in [3.8, 4) is 0 Å². The van der Waals surface area contributed by atoms with E-state index in [1.54, 1.807) is 24.3 Å². The normalized spacial score (nSPS) is 12.4. The van der Waals surface area contributed by atoms with E-state index >= 15 is 0 Å². The summed E-state index contributed by atoms with van der Waals surface area (Å²) >= 11 is 6.13. The number of hydrogen-bond donors (Lipinski definition) is 1. The third-order valence-electron chi connectivity index (χ3n) is 4.21. The zero-order valence-corrected chi connectivity index (χ0v) is 22.1. The zero-order chi connectivity index (χ0) is 22.6. The van der Waals surface area contributed by atoms with Crippen molar-refractivity contribution >= 4 is 66.1 Å². The fraction of sp³-hybridized carbons (Fsp3) is 0.143. The molecule has 1 atom stereocenters. The van der Waals surface area contributed by atoms with E-state index in [2.05, 4.69) is 4.72 Å². The fourth-order valence-electron chi connectivity index (χ4n) is 2.68. The van der Waals surface area contributed by atoms with Gasteiger partial charge in [-0.1, -0.05) is 0 Å². The minimum absolute atomic E-state index is 0.123. The number of benzene rings is 3. The first-order valence-electron chi connectivity index (χ1n) is 9.11. The molecule has 1 unspecified atom stereocenters. The van der Waals surface area contributed by atoms with Gasteiger partial charge in [0.2, 0.25) is 0 Å². The summed E-state index contributed by atoms with van der Waals surface area (Å²) in [4.78, 5) is 0.933. The van der Waals surface area contributed by atoms with Gasteiger partial charge in [-0.05, 0) is 0 Å². The van der Waals surface area contributed by atoms with Gasteiger partial charge >= 0.3 is 199 Å². The fourth-order valence-corrected chi connectivity index (χ4v) is 9.84. The van der Waals surface area contributed by atoms with Gasteiger partial charge in [-0.15, -0.1) is 0 Å². The average molecular weight is 558 g/mol. The molecule has 0 spiro atoms. The molecular weight excluding hydrogens is 537 g/mol. The van der Waals surface area contributed by atoms with E-state index in [9.17, 15) is 16.8 Å². The molecule has 3 rings (SSSR count). The van der Waals surface area contributed by atoms with Crippen LogP contribution in [0, 0.1) is 6.92 Å². The van der Waals surface area contributed by atoms with Crippen LogP contribution in [-0.4, -0.2) is 37.7 Å². The predicted molar refractivity (Wildman–Crippen MR) is 131 cm³/mol. The van der Waals surface area contributed by atoms with Crippen LogP contribution in [0.3, 0.4) is 0 Å². The standard InChI is InChI=1S/C21H21AsClNO4S3/c1-15-7-10-18(11-8-15)31(27,28)24-21-13-17(9-12-19(21)22-30(2,25)26)29-14-16-5-3-4-6-20(16)23/h3-13,22,24H,14H2,1-2H3. The van der Waals surface area contributed by atoms with Crippen molar-refractivity contribution in [2.45, 2.75) is 22.5 Å². The number of aryl methyl sites for hydroxylation is 1. The second kappa shape index (κ2) is 10.0. The molecule has 0 heterocycles. The summed E-state index contributed by atoms with van der Waals surface area (Å²) in [5, 5.41) is 0.663. The van der Waals surface area contributed by atoms with E-state index in [1.165, 1.54) is 30.2 Å². The molecule has 0 fully saturated rings. The number of halogens is 1. The quantitative estimate of drug-likeness (QED) is 0.337. The van der Waals surface area contributed by atoms with Gasteiger partial charge < -0.3 is 0 Å². The summed E-state index contributed by atoms with van der Waals surface area (Å²) in [5.41, 5.74) is 2.21. The van der Waals surface area contributed by atoms with Crippen molar-refractivity contribution in [2.75, 3.05) is 11.0 Å². The third-order valence-corrected chi connectivity index (χ3v) is 12.2. The molecule has 0 aliphatic carbocycles. The van der Waals surface area contributed by atoms with Gasteiger partial charge in [-0.2, -0.15) is 0 Å². The van der Waals surface area contributed by atoms with Gasteiger partial charge in [0.15, 0.2) is 0 Å². The molecule has 0 radical (unpaired) electrons. The first-order chi connectivity index (χ1) is 14.5. The molecule has 0 saturated carbocycles. The maximum absolute atomic E-state index is 12.9. The molecule has 0 amide bonds. The second-order valence-corrected chi connectivity index (χ2v) is 18.8. The SMILES string of the molecule is Cc1ccc(S(=O)(=O)Nc2cc(SCc3ccccc3Cl)ccc2[AsH]S(C)(=O)=O)cc1. The van der Waals surface area contributed by atoms with Crippen molar-refractivity contribution in [3.05, 3.63) is 82.9 Å². The van der Waals surface area contributed by atoms with Gasteiger partial charge in [-0.3, -0.25) is 0 Å². The Morgan fingerprint density at radius 1 is 0.968 bits per heavy atom. The average Bonchev–Trinajstić information content (AvgIpc) is 2.68. The van der Waals surface area contributed by atoms with Crippen LogP contribution in [0.2, 0.25) is 5.02 Å². The third kappa shape index (κ3) is 7.02. The molecule has 3 aromatic rings. The molecule has 0 bridgehead atoms. The van der Waals surface area contributed by atoms with E-state index in [0.717, 1.165) is 16.0 Å². The Balaban J connectivity index is 1.92. The van der Waals surface area contributed by atoms with Crippen LogP contribution in [0.5, 0.6) is 0 Å². The molecule has 3 aromatic carbocycles. The summed E-state index contributed by atoms with van der Waals surface area (Å²) in [7, 11) is -7.09. The molecule has 1 N–H and O–H groups in total. The second-order valence-electron chi connectivity index (χ2n) is 6.88. The monoisotopic (exact) mass is 557 g/mol. The van der Waals surface area contributed by atoms with Crippen LogP contribution < -0.4 is 9.07 Å². The first-order valence-corrected chi connectivity index (χ1v) is 17.5. The summed E-state index contributed by atoms with van der Waals surface area (Å²) < 4.78 is 52.7. The van der Waals surface area contributed by atoms with E-state index in [-0.39, 0.29) is 4.90 Å². The Labute approximate surface area is 198 Å². The van der Waals surface area contributed by atoms with Crippen LogP contribution in [-0.2, 0) is 23.9 Å². The first kappa shape index (κ1) is 24.2. The van der Waals surface area contributed by atoms with Crippen molar-refractivity contribution in [2.24, 2.45) is 0 Å². The number of nitrogens with one attached hydrogen (secondary N) is 1. The van der Waals surface area contributed by atoms with Gasteiger partial charge in [0, 0.05) is 0 Å². The minimum atomic E-state index is -3.85. The van der Waals surface area contributed by atoms with E-state index in [4.69, 9.17) is 11.6 Å². The molecule has 0 aliphatic heterocycles. The zero-order valence-electron chi connectivity index (χ0n) is 16.8. The summed E-state index contributed by atoms with van der Waals surface area (Å²) in [6.07, 6.45) is 1.17. The van der Waals surface area contributed by atoms with Crippen molar-refractivity contribution < 1.29 is 16.8 Å². The molecular formula is C21H21AsClNO4S3. The molecule has 5 nitrogen and oxygen atoms in total. The topological polar surface area (TPSA) is 80.3 Å². The molecule has 31 heavy (non-hydrogen) atoms. The number of anilines is 1. The maximum atomic E-state index is 12.9. The number of sulfonamides is 1. The predicted octanol–water partition coefficient (Wildman–Crippen LogP) is 3.76.